The summed E-state index contributed by atoms with van der Waals surface area (Å²) < 4.78 is 21.6. The Hall–Kier alpha value is -3.48. The van der Waals surface area contributed by atoms with Gasteiger partial charge in [-0.25, -0.2) is 4.79 Å². The highest BCUT2D eigenvalue weighted by Crippen LogP contribution is 2.46. The van der Waals surface area contributed by atoms with E-state index in [4.69, 9.17) is 18.9 Å². The maximum Gasteiger partial charge on any atom is 0.336 e. The third-order valence-electron chi connectivity index (χ3n) is 5.47. The van der Waals surface area contributed by atoms with Gasteiger partial charge in [-0.05, 0) is 42.3 Å². The van der Waals surface area contributed by atoms with Crippen LogP contribution in [-0.2, 0) is 14.3 Å². The molecule has 2 aromatic carbocycles. The highest BCUT2D eigenvalue weighted by molar-refractivity contribution is 6.06. The van der Waals surface area contributed by atoms with Crippen molar-refractivity contribution >= 4 is 17.6 Å². The number of carbonyl (C=O) groups excluding carboxylic acids is 2. The molecule has 0 radical (unpaired) electrons. The first kappa shape index (κ1) is 19.8. The molecule has 2 aliphatic rings. The quantitative estimate of drug-likeness (QED) is 0.705. The SMILES string of the molecule is COc1cc(C2CC(=O)N(c3cccc(C)c3)C3=C2C(=O)OC3)cc(OC)c1OC. The molecular formula is C23H23NO6. The molecule has 4 rings (SSSR count). The van der Waals surface area contributed by atoms with Gasteiger partial charge in [-0.15, -0.1) is 0 Å². The van der Waals surface area contributed by atoms with E-state index >= 15 is 0 Å². The first-order valence-corrected chi connectivity index (χ1v) is 9.58. The van der Waals surface area contributed by atoms with Crippen molar-refractivity contribution in [1.82, 2.24) is 0 Å². The molecule has 0 spiro atoms. The van der Waals surface area contributed by atoms with Crippen LogP contribution >= 0.6 is 0 Å². The zero-order valence-electron chi connectivity index (χ0n) is 17.4. The molecule has 0 bridgehead atoms. The minimum absolute atomic E-state index is 0.0643. The van der Waals surface area contributed by atoms with Crippen LogP contribution in [0.2, 0.25) is 0 Å². The van der Waals surface area contributed by atoms with Crippen molar-refractivity contribution < 1.29 is 28.5 Å². The Kier molecular flexibility index (Phi) is 5.11. The third kappa shape index (κ3) is 3.16. The first-order valence-electron chi connectivity index (χ1n) is 9.58. The summed E-state index contributed by atoms with van der Waals surface area (Å²) in [6.45, 7) is 2.02. The van der Waals surface area contributed by atoms with Crippen molar-refractivity contribution in [3.63, 3.8) is 0 Å². The number of methoxy groups -OCH3 is 3. The summed E-state index contributed by atoms with van der Waals surface area (Å²) >= 11 is 0. The Bertz CT molecular complexity index is 1030. The normalized spacial score (nSPS) is 18.3. The van der Waals surface area contributed by atoms with Gasteiger partial charge in [0.15, 0.2) is 11.5 Å². The number of carbonyl (C=O) groups is 2. The lowest BCUT2D eigenvalue weighted by Crippen LogP contribution is -2.37. The molecule has 0 N–H and O–H groups in total. The van der Waals surface area contributed by atoms with E-state index in [-0.39, 0.29) is 18.9 Å². The zero-order chi connectivity index (χ0) is 21.4. The number of benzene rings is 2. The van der Waals surface area contributed by atoms with Crippen molar-refractivity contribution in [2.75, 3.05) is 32.8 Å². The highest BCUT2D eigenvalue weighted by Gasteiger charge is 2.43. The lowest BCUT2D eigenvalue weighted by atomic mass is 9.83. The maximum atomic E-state index is 13.2. The molecule has 0 aromatic heterocycles. The molecule has 0 saturated heterocycles. The summed E-state index contributed by atoms with van der Waals surface area (Å²) in [5.41, 5.74) is 3.56. The van der Waals surface area contributed by atoms with Crippen LogP contribution in [0.3, 0.4) is 0 Å². The number of rotatable bonds is 5. The summed E-state index contributed by atoms with van der Waals surface area (Å²) in [7, 11) is 4.58. The number of hydrogen-bond acceptors (Lipinski definition) is 6. The number of esters is 1. The molecule has 30 heavy (non-hydrogen) atoms. The second kappa shape index (κ2) is 7.74. The number of ether oxygens (including phenoxy) is 4. The third-order valence-corrected chi connectivity index (χ3v) is 5.47. The monoisotopic (exact) mass is 409 g/mol. The van der Waals surface area contributed by atoms with Crippen molar-refractivity contribution in [3.05, 3.63) is 58.8 Å². The summed E-state index contributed by atoms with van der Waals surface area (Å²) in [6.07, 6.45) is 0.126. The van der Waals surface area contributed by atoms with Crippen molar-refractivity contribution in [3.8, 4) is 17.2 Å². The van der Waals surface area contributed by atoms with E-state index in [0.29, 0.717) is 28.5 Å². The molecule has 0 fully saturated rings. The number of cyclic esters (lactones) is 1. The van der Waals surface area contributed by atoms with Gasteiger partial charge < -0.3 is 18.9 Å². The van der Waals surface area contributed by atoms with Crippen LogP contribution in [0.1, 0.15) is 23.5 Å². The summed E-state index contributed by atoms with van der Waals surface area (Å²) in [6, 6.07) is 11.2. The average Bonchev–Trinajstić information content (AvgIpc) is 3.13. The molecule has 7 nitrogen and oxygen atoms in total. The van der Waals surface area contributed by atoms with E-state index in [0.717, 1.165) is 16.8 Å². The van der Waals surface area contributed by atoms with Crippen LogP contribution in [0, 0.1) is 6.92 Å². The largest absolute Gasteiger partial charge is 0.493 e. The smallest absolute Gasteiger partial charge is 0.336 e. The van der Waals surface area contributed by atoms with Gasteiger partial charge in [0.1, 0.15) is 6.61 Å². The molecule has 0 aliphatic carbocycles. The second-order valence-electron chi connectivity index (χ2n) is 7.22. The molecule has 156 valence electrons. The van der Waals surface area contributed by atoms with E-state index in [1.54, 1.807) is 17.0 Å². The van der Waals surface area contributed by atoms with E-state index in [2.05, 4.69) is 0 Å². The minimum atomic E-state index is -0.461. The lowest BCUT2D eigenvalue weighted by Gasteiger charge is -2.32. The second-order valence-corrected chi connectivity index (χ2v) is 7.22. The predicted molar refractivity (Wildman–Crippen MR) is 110 cm³/mol. The Morgan fingerprint density at radius 2 is 1.70 bits per heavy atom. The number of nitrogens with zero attached hydrogens (tertiary/aromatic N) is 1. The lowest BCUT2D eigenvalue weighted by molar-refractivity contribution is -0.136. The van der Waals surface area contributed by atoms with Gasteiger partial charge in [0.25, 0.3) is 0 Å². The van der Waals surface area contributed by atoms with Gasteiger partial charge in [0, 0.05) is 18.0 Å². The van der Waals surface area contributed by atoms with Crippen molar-refractivity contribution in [2.45, 2.75) is 19.3 Å². The van der Waals surface area contributed by atoms with Crippen LogP contribution < -0.4 is 19.1 Å². The number of anilines is 1. The summed E-state index contributed by atoms with van der Waals surface area (Å²) in [4.78, 5) is 27.5. The first-order chi connectivity index (χ1) is 14.5. The van der Waals surface area contributed by atoms with Crippen LogP contribution in [0.4, 0.5) is 5.69 Å². The summed E-state index contributed by atoms with van der Waals surface area (Å²) in [5.74, 6) is 0.418. The maximum absolute atomic E-state index is 13.2. The molecule has 1 unspecified atom stereocenters. The fourth-order valence-corrected chi connectivity index (χ4v) is 4.11. The molecule has 1 amide bonds. The van der Waals surface area contributed by atoms with Gasteiger partial charge in [-0.1, -0.05) is 12.1 Å². The van der Waals surface area contributed by atoms with Crippen molar-refractivity contribution in [2.24, 2.45) is 0 Å². The molecule has 2 aromatic rings. The van der Waals surface area contributed by atoms with Gasteiger partial charge in [-0.3, -0.25) is 9.69 Å². The molecule has 1 atom stereocenters. The number of amides is 1. The topological polar surface area (TPSA) is 74.3 Å². The molecule has 0 saturated carbocycles. The van der Waals surface area contributed by atoms with Gasteiger partial charge >= 0.3 is 5.97 Å². The molecule has 7 heteroatoms. The fraction of sp³-hybridized carbons (Fsp3) is 0.304. The van der Waals surface area contributed by atoms with E-state index < -0.39 is 11.9 Å². The minimum Gasteiger partial charge on any atom is -0.493 e. The van der Waals surface area contributed by atoms with Gasteiger partial charge in [0.2, 0.25) is 11.7 Å². The zero-order valence-corrected chi connectivity index (χ0v) is 17.4. The Balaban J connectivity index is 1.85. The van der Waals surface area contributed by atoms with Crippen LogP contribution in [0.25, 0.3) is 0 Å². The predicted octanol–water partition coefficient (Wildman–Crippen LogP) is 3.35. The van der Waals surface area contributed by atoms with Crippen LogP contribution in [0.15, 0.2) is 47.7 Å². The molecule has 2 aliphatic heterocycles. The number of aryl methyl sites for hydroxylation is 1. The standard InChI is InChI=1S/C23H23NO6/c1-13-6-5-7-15(8-13)24-17-12-30-23(26)21(17)16(11-20(24)25)14-9-18(27-2)22(29-4)19(10-14)28-3/h5-10,16H,11-12H2,1-4H3. The van der Waals surface area contributed by atoms with Gasteiger partial charge in [0.05, 0.1) is 32.6 Å². The van der Waals surface area contributed by atoms with E-state index in [9.17, 15) is 9.59 Å². The van der Waals surface area contributed by atoms with Crippen LogP contribution in [0.5, 0.6) is 17.2 Å². The van der Waals surface area contributed by atoms with E-state index in [1.807, 2.05) is 31.2 Å². The highest BCUT2D eigenvalue weighted by atomic mass is 16.5. The Morgan fingerprint density at radius 3 is 2.30 bits per heavy atom. The average molecular weight is 409 g/mol. The Labute approximate surface area is 174 Å². The molecule has 2 heterocycles. The van der Waals surface area contributed by atoms with Crippen LogP contribution in [-0.4, -0.2) is 39.8 Å². The van der Waals surface area contributed by atoms with Gasteiger partial charge in [-0.2, -0.15) is 0 Å². The number of hydrogen-bond donors (Lipinski definition) is 0. The molecular weight excluding hydrogens is 386 g/mol. The van der Waals surface area contributed by atoms with E-state index in [1.165, 1.54) is 21.3 Å². The van der Waals surface area contributed by atoms with Crippen molar-refractivity contribution in [1.29, 1.82) is 0 Å². The summed E-state index contributed by atoms with van der Waals surface area (Å²) in [5, 5.41) is 0. The fourth-order valence-electron chi connectivity index (χ4n) is 4.11. The Morgan fingerprint density at radius 1 is 1.00 bits per heavy atom.